The molecule has 3 aromatic rings. The minimum absolute atomic E-state index is 0.277. The fraction of sp³-hybridized carbons (Fsp3) is 0.438. The van der Waals surface area contributed by atoms with E-state index in [2.05, 4.69) is 30.1 Å². The van der Waals surface area contributed by atoms with Gasteiger partial charge in [0.15, 0.2) is 23.1 Å². The van der Waals surface area contributed by atoms with Crippen molar-refractivity contribution in [1.29, 1.82) is 0 Å². The summed E-state index contributed by atoms with van der Waals surface area (Å²) >= 11 is 0. The van der Waals surface area contributed by atoms with Crippen molar-refractivity contribution in [1.82, 2.24) is 5.32 Å². The molecule has 1 unspecified atom stereocenters. The normalized spacial score (nSPS) is 14.5. The number of ether oxygens (including phenoxy) is 3. The molecule has 1 aliphatic carbocycles. The Kier molecular flexibility index (Phi) is 9.93. The summed E-state index contributed by atoms with van der Waals surface area (Å²) in [6.07, 6.45) is 3.79. The van der Waals surface area contributed by atoms with Gasteiger partial charge in [-0.15, -0.1) is 0 Å². The van der Waals surface area contributed by atoms with Gasteiger partial charge in [0.2, 0.25) is 0 Å². The fourth-order valence-electron chi connectivity index (χ4n) is 5.37. The van der Waals surface area contributed by atoms with Crippen molar-refractivity contribution in [2.75, 3.05) is 45.4 Å². The van der Waals surface area contributed by atoms with E-state index in [9.17, 15) is 9.50 Å². The van der Waals surface area contributed by atoms with Crippen LogP contribution < -0.4 is 24.4 Å². The molecule has 1 atom stereocenters. The third kappa shape index (κ3) is 6.95. The lowest BCUT2D eigenvalue weighted by atomic mass is 9.79. The number of hydrogen-bond acceptors (Lipinski definition) is 6. The maximum atomic E-state index is 14.9. The Morgan fingerprint density at radius 2 is 1.74 bits per heavy atom. The number of anilines is 1. The molecule has 7 heteroatoms. The van der Waals surface area contributed by atoms with Gasteiger partial charge in [-0.1, -0.05) is 19.1 Å². The van der Waals surface area contributed by atoms with Crippen molar-refractivity contribution < 1.29 is 23.7 Å². The summed E-state index contributed by atoms with van der Waals surface area (Å²) in [5, 5.41) is 13.2. The van der Waals surface area contributed by atoms with Crippen molar-refractivity contribution in [2.24, 2.45) is 0 Å². The van der Waals surface area contributed by atoms with E-state index in [-0.39, 0.29) is 17.5 Å². The van der Waals surface area contributed by atoms with Crippen molar-refractivity contribution in [2.45, 2.75) is 52.0 Å². The van der Waals surface area contributed by atoms with E-state index in [1.165, 1.54) is 16.7 Å². The highest BCUT2D eigenvalue weighted by Crippen LogP contribution is 2.43. The zero-order chi connectivity index (χ0) is 27.8. The molecule has 39 heavy (non-hydrogen) atoms. The first-order valence-electron chi connectivity index (χ1n) is 13.9. The predicted molar refractivity (Wildman–Crippen MR) is 154 cm³/mol. The molecule has 0 amide bonds. The lowest BCUT2D eigenvalue weighted by Crippen LogP contribution is -2.25. The minimum Gasteiger partial charge on any atom is -0.508 e. The number of phenolic OH excluding ortho intramolecular Hbond substituents is 1. The lowest BCUT2D eigenvalue weighted by Gasteiger charge is -2.32. The van der Waals surface area contributed by atoms with Gasteiger partial charge in [0, 0.05) is 31.4 Å². The van der Waals surface area contributed by atoms with Crippen LogP contribution in [-0.2, 0) is 19.4 Å². The molecule has 0 saturated carbocycles. The third-order valence-electron chi connectivity index (χ3n) is 7.45. The molecule has 0 bridgehead atoms. The molecule has 210 valence electrons. The Morgan fingerprint density at radius 1 is 0.949 bits per heavy atom. The summed E-state index contributed by atoms with van der Waals surface area (Å²) in [6.45, 7) is 7.54. The summed E-state index contributed by atoms with van der Waals surface area (Å²) in [6, 6.07) is 15.0. The second-order valence-electron chi connectivity index (χ2n) is 10.0. The maximum Gasteiger partial charge on any atom is 0.165 e. The number of nitrogens with zero attached hydrogens (tertiary/aromatic N) is 1. The van der Waals surface area contributed by atoms with E-state index < -0.39 is 0 Å². The predicted octanol–water partition coefficient (Wildman–Crippen LogP) is 6.23. The number of methoxy groups -OCH3 is 2. The molecule has 0 saturated heterocycles. The Hall–Kier alpha value is -3.45. The van der Waals surface area contributed by atoms with Gasteiger partial charge in [-0.05, 0) is 97.7 Å². The standard InChI is InChI=1S/C32H41FN2O4/c1-5-13-34-14-15-39-30-12-7-22(16-28(30)33)21-35(6-2)29-20-32(38-4)31(37-3)19-27(29)25-9-8-24-18-26(36)11-10-23(24)17-25/h7,10-12,16,18-20,25,34,36H,5-6,8-9,13-15,17,21H2,1-4H3. The van der Waals surface area contributed by atoms with Crippen LogP contribution in [0.25, 0.3) is 0 Å². The molecule has 1 aliphatic rings. The first-order valence-corrected chi connectivity index (χ1v) is 13.9. The van der Waals surface area contributed by atoms with Gasteiger partial charge < -0.3 is 29.5 Å². The molecule has 0 aliphatic heterocycles. The third-order valence-corrected chi connectivity index (χ3v) is 7.45. The molecular formula is C32H41FN2O4. The molecule has 0 spiro atoms. The number of halogens is 1. The molecule has 0 heterocycles. The van der Waals surface area contributed by atoms with Crippen LogP contribution in [0.2, 0.25) is 0 Å². The van der Waals surface area contributed by atoms with Crippen LogP contribution >= 0.6 is 0 Å². The second kappa shape index (κ2) is 13.6. The number of benzene rings is 3. The smallest absolute Gasteiger partial charge is 0.165 e. The minimum atomic E-state index is -0.348. The number of rotatable bonds is 13. The van der Waals surface area contributed by atoms with Crippen LogP contribution in [0.4, 0.5) is 10.1 Å². The monoisotopic (exact) mass is 536 g/mol. The summed E-state index contributed by atoms with van der Waals surface area (Å²) < 4.78 is 31.9. The first kappa shape index (κ1) is 28.6. The van der Waals surface area contributed by atoms with Gasteiger partial charge in [-0.25, -0.2) is 4.39 Å². The number of aromatic hydroxyl groups is 1. The van der Waals surface area contributed by atoms with Crippen LogP contribution in [0.15, 0.2) is 48.5 Å². The zero-order valence-corrected chi connectivity index (χ0v) is 23.6. The Morgan fingerprint density at radius 3 is 2.46 bits per heavy atom. The molecule has 4 rings (SSSR count). The summed E-state index contributed by atoms with van der Waals surface area (Å²) in [5.74, 6) is 1.89. The van der Waals surface area contributed by atoms with Gasteiger partial charge in [0.25, 0.3) is 0 Å². The Bertz CT molecular complexity index is 1250. The topological polar surface area (TPSA) is 63.2 Å². The number of aryl methyl sites for hydroxylation is 1. The van der Waals surface area contributed by atoms with Crippen molar-refractivity contribution >= 4 is 5.69 Å². The number of fused-ring (bicyclic) bond motifs is 1. The first-order chi connectivity index (χ1) is 19.0. The summed E-state index contributed by atoms with van der Waals surface area (Å²) in [4.78, 5) is 2.26. The molecule has 0 radical (unpaired) electrons. The van der Waals surface area contributed by atoms with Crippen LogP contribution in [-0.4, -0.2) is 45.6 Å². The highest BCUT2D eigenvalue weighted by Gasteiger charge is 2.26. The van der Waals surface area contributed by atoms with E-state index in [4.69, 9.17) is 14.2 Å². The van der Waals surface area contributed by atoms with Crippen LogP contribution in [0, 0.1) is 5.82 Å². The maximum absolute atomic E-state index is 14.9. The van der Waals surface area contributed by atoms with E-state index in [1.807, 2.05) is 24.3 Å². The number of nitrogens with one attached hydrogen (secondary N) is 1. The Labute approximate surface area is 231 Å². The van der Waals surface area contributed by atoms with E-state index in [0.29, 0.717) is 36.9 Å². The van der Waals surface area contributed by atoms with Crippen molar-refractivity contribution in [3.05, 3.63) is 76.6 Å². The quantitative estimate of drug-likeness (QED) is 0.253. The van der Waals surface area contributed by atoms with E-state index in [1.54, 1.807) is 32.4 Å². The average molecular weight is 537 g/mol. The molecule has 2 N–H and O–H groups in total. The van der Waals surface area contributed by atoms with Gasteiger partial charge in [-0.2, -0.15) is 0 Å². The van der Waals surface area contributed by atoms with Crippen molar-refractivity contribution in [3.8, 4) is 23.0 Å². The number of phenols is 1. The molecule has 0 fully saturated rings. The molecule has 3 aromatic carbocycles. The van der Waals surface area contributed by atoms with Gasteiger partial charge in [-0.3, -0.25) is 0 Å². The highest BCUT2D eigenvalue weighted by atomic mass is 19.1. The molecule has 0 aromatic heterocycles. The van der Waals surface area contributed by atoms with Crippen LogP contribution in [0.5, 0.6) is 23.0 Å². The molecular weight excluding hydrogens is 495 g/mol. The SMILES string of the molecule is CCCNCCOc1ccc(CN(CC)c2cc(OC)c(OC)cc2C2CCc3cc(O)ccc3C2)cc1F. The zero-order valence-electron chi connectivity index (χ0n) is 23.6. The Balaban J connectivity index is 1.59. The largest absolute Gasteiger partial charge is 0.508 e. The fourth-order valence-corrected chi connectivity index (χ4v) is 5.37. The average Bonchev–Trinajstić information content (AvgIpc) is 2.95. The number of hydrogen-bond donors (Lipinski definition) is 2. The van der Waals surface area contributed by atoms with Crippen LogP contribution in [0.1, 0.15) is 54.9 Å². The second-order valence-corrected chi connectivity index (χ2v) is 10.0. The van der Waals surface area contributed by atoms with Crippen molar-refractivity contribution in [3.63, 3.8) is 0 Å². The van der Waals surface area contributed by atoms with E-state index >= 15 is 0 Å². The summed E-state index contributed by atoms with van der Waals surface area (Å²) in [5.41, 5.74) is 5.59. The summed E-state index contributed by atoms with van der Waals surface area (Å²) in [7, 11) is 3.30. The van der Waals surface area contributed by atoms with Gasteiger partial charge in [0.05, 0.1) is 14.2 Å². The lowest BCUT2D eigenvalue weighted by molar-refractivity contribution is 0.299. The highest BCUT2D eigenvalue weighted by molar-refractivity contribution is 5.64. The van der Waals surface area contributed by atoms with Gasteiger partial charge >= 0.3 is 0 Å². The molecule has 6 nitrogen and oxygen atoms in total. The van der Waals surface area contributed by atoms with Crippen LogP contribution in [0.3, 0.4) is 0 Å². The van der Waals surface area contributed by atoms with Gasteiger partial charge in [0.1, 0.15) is 12.4 Å². The van der Waals surface area contributed by atoms with E-state index in [0.717, 1.165) is 50.0 Å².